The zero-order valence-electron chi connectivity index (χ0n) is 20.4. The largest absolute Gasteiger partial charge is 0.492 e. The highest BCUT2D eigenvalue weighted by atomic mass is 32.2. The summed E-state index contributed by atoms with van der Waals surface area (Å²) in [6, 6.07) is 28.4. The van der Waals surface area contributed by atoms with Crippen LogP contribution in [-0.2, 0) is 4.74 Å². The number of nitrogens with zero attached hydrogens (tertiary/aromatic N) is 1. The van der Waals surface area contributed by atoms with E-state index in [9.17, 15) is 5.11 Å². The summed E-state index contributed by atoms with van der Waals surface area (Å²) in [5.74, 6) is 0.962. The second-order valence-corrected chi connectivity index (χ2v) is 9.56. The Morgan fingerprint density at radius 3 is 2.56 bits per heavy atom. The van der Waals surface area contributed by atoms with Crippen LogP contribution in [0.5, 0.6) is 5.75 Å². The predicted molar refractivity (Wildman–Crippen MR) is 148 cm³/mol. The lowest BCUT2D eigenvalue weighted by atomic mass is 10.0. The van der Waals surface area contributed by atoms with Gasteiger partial charge in [-0.15, -0.1) is 11.8 Å². The molecule has 1 aliphatic rings. The van der Waals surface area contributed by atoms with Gasteiger partial charge >= 0.3 is 5.90 Å². The third-order valence-corrected chi connectivity index (χ3v) is 7.26. The SMILES string of the molecule is CSc1ccccc1-c1cccc(C(O)=[NH+]c2ccc(OCCN3CCOCC3)c3ccccc23)c1. The lowest BCUT2D eigenvalue weighted by molar-refractivity contribution is -0.362. The number of morpholine rings is 1. The molecule has 36 heavy (non-hydrogen) atoms. The van der Waals surface area contributed by atoms with E-state index in [1.54, 1.807) is 11.8 Å². The van der Waals surface area contributed by atoms with E-state index in [1.165, 1.54) is 4.90 Å². The molecule has 5 rings (SSSR count). The van der Waals surface area contributed by atoms with Crippen molar-refractivity contribution in [3.05, 3.63) is 90.5 Å². The Balaban J connectivity index is 1.39. The van der Waals surface area contributed by atoms with Crippen LogP contribution in [0.15, 0.2) is 89.8 Å². The van der Waals surface area contributed by atoms with Crippen LogP contribution >= 0.6 is 11.8 Å². The summed E-state index contributed by atoms with van der Waals surface area (Å²) in [5.41, 5.74) is 3.79. The fourth-order valence-electron chi connectivity index (χ4n) is 4.53. The van der Waals surface area contributed by atoms with Gasteiger partial charge in [0, 0.05) is 36.0 Å². The summed E-state index contributed by atoms with van der Waals surface area (Å²) in [6.07, 6.45) is 2.08. The number of benzene rings is 4. The summed E-state index contributed by atoms with van der Waals surface area (Å²) < 4.78 is 11.6. The minimum Gasteiger partial charge on any atom is -0.492 e. The quantitative estimate of drug-likeness (QED) is 0.210. The number of hydrogen-bond acceptors (Lipinski definition) is 4. The zero-order chi connectivity index (χ0) is 24.7. The fourth-order valence-corrected chi connectivity index (χ4v) is 5.15. The lowest BCUT2D eigenvalue weighted by Crippen LogP contribution is -2.66. The Morgan fingerprint density at radius 1 is 0.944 bits per heavy atom. The van der Waals surface area contributed by atoms with Crippen LogP contribution in [0.25, 0.3) is 21.9 Å². The molecule has 0 aliphatic carbocycles. The first-order valence-electron chi connectivity index (χ1n) is 12.2. The van der Waals surface area contributed by atoms with Gasteiger partial charge in [0.1, 0.15) is 12.4 Å². The van der Waals surface area contributed by atoms with Gasteiger partial charge in [-0.25, -0.2) is 0 Å². The Labute approximate surface area is 216 Å². The first-order valence-corrected chi connectivity index (χ1v) is 13.5. The van der Waals surface area contributed by atoms with E-state index in [-0.39, 0.29) is 5.90 Å². The van der Waals surface area contributed by atoms with Crippen LogP contribution in [0.4, 0.5) is 5.69 Å². The number of rotatable bonds is 8. The highest BCUT2D eigenvalue weighted by Crippen LogP contribution is 2.31. The number of fused-ring (bicyclic) bond motifs is 1. The Bertz CT molecular complexity index is 1370. The molecule has 4 aromatic carbocycles. The standard InChI is InChI=1S/C30H30N2O3S/c1-36-29-12-5-4-9-24(29)22-7-6-8-23(21-22)30(33)31-27-13-14-28(26-11-3-2-10-25(26)27)35-20-17-32-15-18-34-19-16-32/h2-14,21H,15-20H2,1H3,(H,31,33)/p+1. The smallest absolute Gasteiger partial charge is 0.371 e. The number of aliphatic hydroxyl groups is 1. The minimum absolute atomic E-state index is 0.115. The van der Waals surface area contributed by atoms with Gasteiger partial charge in [0.2, 0.25) is 5.69 Å². The number of nitrogens with one attached hydrogen (secondary N) is 1. The van der Waals surface area contributed by atoms with Gasteiger partial charge in [0.15, 0.2) is 0 Å². The molecule has 184 valence electrons. The topological polar surface area (TPSA) is 55.9 Å². The summed E-state index contributed by atoms with van der Waals surface area (Å²) in [4.78, 5) is 6.80. The van der Waals surface area contributed by atoms with Gasteiger partial charge < -0.3 is 14.6 Å². The van der Waals surface area contributed by atoms with Crippen LogP contribution in [0.3, 0.4) is 0 Å². The first-order chi connectivity index (χ1) is 17.7. The van der Waals surface area contributed by atoms with E-state index in [0.717, 1.165) is 71.7 Å². The molecule has 0 saturated carbocycles. The van der Waals surface area contributed by atoms with Crippen LogP contribution in [0.2, 0.25) is 0 Å². The molecule has 1 heterocycles. The van der Waals surface area contributed by atoms with Crippen molar-refractivity contribution in [2.45, 2.75) is 4.90 Å². The van der Waals surface area contributed by atoms with Gasteiger partial charge in [-0.05, 0) is 47.7 Å². The molecule has 0 atom stereocenters. The molecule has 1 saturated heterocycles. The number of aliphatic hydroxyl groups excluding tert-OH is 1. The molecule has 1 fully saturated rings. The number of thioether (sulfide) groups is 1. The third kappa shape index (κ3) is 5.57. The van der Waals surface area contributed by atoms with Gasteiger partial charge in [-0.1, -0.05) is 48.5 Å². The van der Waals surface area contributed by atoms with Crippen molar-refractivity contribution in [1.82, 2.24) is 4.90 Å². The second kappa shape index (κ2) is 11.6. The molecule has 0 amide bonds. The predicted octanol–water partition coefficient (Wildman–Crippen LogP) is 4.66. The summed E-state index contributed by atoms with van der Waals surface area (Å²) in [7, 11) is 0. The van der Waals surface area contributed by atoms with Crippen molar-refractivity contribution in [2.75, 3.05) is 45.7 Å². The molecule has 0 bridgehead atoms. The average molecular weight is 500 g/mol. The lowest BCUT2D eigenvalue weighted by Gasteiger charge is -2.26. The van der Waals surface area contributed by atoms with E-state index in [0.29, 0.717) is 6.61 Å². The third-order valence-electron chi connectivity index (χ3n) is 6.46. The van der Waals surface area contributed by atoms with E-state index in [4.69, 9.17) is 9.47 Å². The van der Waals surface area contributed by atoms with E-state index >= 15 is 0 Å². The van der Waals surface area contributed by atoms with Gasteiger partial charge in [0.05, 0.1) is 24.2 Å². The molecule has 5 nitrogen and oxygen atoms in total. The van der Waals surface area contributed by atoms with Crippen molar-refractivity contribution >= 4 is 34.1 Å². The maximum Gasteiger partial charge on any atom is 0.371 e. The van der Waals surface area contributed by atoms with Crippen LogP contribution in [-0.4, -0.2) is 61.6 Å². The summed E-state index contributed by atoms with van der Waals surface area (Å²) in [6.45, 7) is 4.98. The maximum atomic E-state index is 11.0. The zero-order valence-corrected chi connectivity index (χ0v) is 21.3. The molecule has 0 radical (unpaired) electrons. The van der Waals surface area contributed by atoms with E-state index in [1.807, 2.05) is 60.7 Å². The van der Waals surface area contributed by atoms with Gasteiger partial charge in [0.25, 0.3) is 0 Å². The molecule has 0 unspecified atom stereocenters. The summed E-state index contributed by atoms with van der Waals surface area (Å²) >= 11 is 1.72. The van der Waals surface area contributed by atoms with Crippen molar-refractivity contribution in [3.63, 3.8) is 0 Å². The average Bonchev–Trinajstić information content (AvgIpc) is 2.94. The normalized spacial score (nSPS) is 14.8. The minimum atomic E-state index is 0.115. The molecule has 0 spiro atoms. The Kier molecular flexibility index (Phi) is 7.86. The molecule has 0 aromatic heterocycles. The molecule has 6 heteroatoms. The highest BCUT2D eigenvalue weighted by Gasteiger charge is 2.16. The second-order valence-electron chi connectivity index (χ2n) is 8.71. The molecule has 4 aromatic rings. The molecular formula is C30H31N2O3S+. The van der Waals surface area contributed by atoms with Crippen molar-refractivity contribution in [2.24, 2.45) is 0 Å². The fraction of sp³-hybridized carbons (Fsp3) is 0.233. The van der Waals surface area contributed by atoms with Crippen LogP contribution < -0.4 is 9.73 Å². The number of ether oxygens (including phenoxy) is 2. The Morgan fingerprint density at radius 2 is 1.72 bits per heavy atom. The first kappa shape index (κ1) is 24.4. The van der Waals surface area contributed by atoms with Crippen molar-refractivity contribution < 1.29 is 19.6 Å². The molecular weight excluding hydrogens is 468 g/mol. The Hall–Kier alpha value is -3.32. The van der Waals surface area contributed by atoms with Gasteiger partial charge in [-0.2, -0.15) is 4.99 Å². The van der Waals surface area contributed by atoms with Crippen molar-refractivity contribution in [1.29, 1.82) is 0 Å². The van der Waals surface area contributed by atoms with Gasteiger partial charge in [-0.3, -0.25) is 4.90 Å². The van der Waals surface area contributed by atoms with E-state index in [2.05, 4.69) is 40.4 Å². The summed E-state index contributed by atoms with van der Waals surface area (Å²) in [5, 5.41) is 13.1. The van der Waals surface area contributed by atoms with Crippen LogP contribution in [0, 0.1) is 0 Å². The van der Waals surface area contributed by atoms with Crippen LogP contribution in [0.1, 0.15) is 5.56 Å². The maximum absolute atomic E-state index is 11.0. The van der Waals surface area contributed by atoms with E-state index < -0.39 is 0 Å². The monoisotopic (exact) mass is 499 g/mol. The van der Waals surface area contributed by atoms with Crippen molar-refractivity contribution in [3.8, 4) is 16.9 Å². The highest BCUT2D eigenvalue weighted by molar-refractivity contribution is 7.98. The molecule has 1 aliphatic heterocycles. The molecule has 2 N–H and O–H groups in total. The number of hydrogen-bond donors (Lipinski definition) is 2.